The maximum atomic E-state index is 6.10. The molecular weight excluding hydrogens is 300 g/mol. The molecule has 0 saturated carbocycles. The quantitative estimate of drug-likeness (QED) is 0.944. The van der Waals surface area contributed by atoms with Crippen molar-refractivity contribution < 1.29 is 0 Å². The zero-order valence-corrected chi connectivity index (χ0v) is 12.4. The molecule has 1 aliphatic carbocycles. The number of pyridine rings is 1. The van der Waals surface area contributed by atoms with Crippen molar-refractivity contribution in [3.05, 3.63) is 63.9 Å². The van der Waals surface area contributed by atoms with Crippen LogP contribution in [0.5, 0.6) is 0 Å². The van der Waals surface area contributed by atoms with Crippen LogP contribution in [0.2, 0.25) is 0 Å². The number of halogens is 1. The molecule has 1 heterocycles. The van der Waals surface area contributed by atoms with Gasteiger partial charge in [0.25, 0.3) is 0 Å². The first kappa shape index (κ1) is 12.8. The predicted molar refractivity (Wildman–Crippen MR) is 81.0 cm³/mol. The van der Waals surface area contributed by atoms with Crippen molar-refractivity contribution in [2.45, 2.75) is 19.3 Å². The van der Waals surface area contributed by atoms with E-state index < -0.39 is 0 Å². The molecule has 1 aliphatic rings. The van der Waals surface area contributed by atoms with E-state index in [0.29, 0.717) is 6.54 Å². The average molecular weight is 317 g/mol. The first-order valence-electron chi connectivity index (χ1n) is 6.57. The average Bonchev–Trinajstić information content (AvgIpc) is 2.77. The molecule has 2 aromatic rings. The Morgan fingerprint density at radius 2 is 1.84 bits per heavy atom. The van der Waals surface area contributed by atoms with Crippen LogP contribution in [0, 0.1) is 5.41 Å². The Hall–Kier alpha value is -1.19. The van der Waals surface area contributed by atoms with Gasteiger partial charge < -0.3 is 5.73 Å². The van der Waals surface area contributed by atoms with Crippen molar-refractivity contribution in [3.8, 4) is 0 Å². The summed E-state index contributed by atoms with van der Waals surface area (Å²) >= 11 is 3.49. The van der Waals surface area contributed by atoms with Gasteiger partial charge >= 0.3 is 0 Å². The first-order valence-corrected chi connectivity index (χ1v) is 7.36. The van der Waals surface area contributed by atoms with Gasteiger partial charge in [0.15, 0.2) is 0 Å². The third-order valence-corrected chi connectivity index (χ3v) is 4.46. The Kier molecular flexibility index (Phi) is 3.42. The molecule has 0 aliphatic heterocycles. The summed E-state index contributed by atoms with van der Waals surface area (Å²) < 4.78 is 1.03. The van der Waals surface area contributed by atoms with Gasteiger partial charge in [0.1, 0.15) is 0 Å². The van der Waals surface area contributed by atoms with Crippen LogP contribution in [0.4, 0.5) is 0 Å². The summed E-state index contributed by atoms with van der Waals surface area (Å²) in [4.78, 5) is 4.25. The summed E-state index contributed by atoms with van der Waals surface area (Å²) in [5, 5.41) is 0. The smallest absolute Gasteiger partial charge is 0.0410 e. The monoisotopic (exact) mass is 316 g/mol. The number of hydrogen-bond donors (Lipinski definition) is 1. The second-order valence-corrected chi connectivity index (χ2v) is 6.43. The van der Waals surface area contributed by atoms with E-state index in [-0.39, 0.29) is 5.41 Å². The Morgan fingerprint density at radius 1 is 1.16 bits per heavy atom. The van der Waals surface area contributed by atoms with Gasteiger partial charge in [-0.25, -0.2) is 0 Å². The first-order chi connectivity index (χ1) is 9.21. The van der Waals surface area contributed by atoms with Gasteiger partial charge in [-0.05, 0) is 69.9 Å². The van der Waals surface area contributed by atoms with Crippen LogP contribution >= 0.6 is 15.9 Å². The second kappa shape index (κ2) is 5.06. The van der Waals surface area contributed by atoms with Crippen molar-refractivity contribution >= 4 is 15.9 Å². The topological polar surface area (TPSA) is 38.9 Å². The minimum absolute atomic E-state index is 0.159. The van der Waals surface area contributed by atoms with Crippen LogP contribution in [-0.4, -0.2) is 11.5 Å². The van der Waals surface area contributed by atoms with Gasteiger partial charge in [0, 0.05) is 16.9 Å². The Morgan fingerprint density at radius 3 is 2.42 bits per heavy atom. The highest BCUT2D eigenvalue weighted by Crippen LogP contribution is 2.38. The van der Waals surface area contributed by atoms with Gasteiger partial charge in [0.05, 0.1) is 0 Å². The molecule has 3 rings (SSSR count). The highest BCUT2D eigenvalue weighted by atomic mass is 79.9. The van der Waals surface area contributed by atoms with E-state index in [1.54, 1.807) is 0 Å². The highest BCUT2D eigenvalue weighted by Gasteiger charge is 2.36. The van der Waals surface area contributed by atoms with Crippen LogP contribution < -0.4 is 5.73 Å². The van der Waals surface area contributed by atoms with E-state index in [1.807, 2.05) is 12.4 Å². The van der Waals surface area contributed by atoms with Crippen LogP contribution in [-0.2, 0) is 19.3 Å². The van der Waals surface area contributed by atoms with E-state index in [9.17, 15) is 0 Å². The van der Waals surface area contributed by atoms with E-state index >= 15 is 0 Å². The summed E-state index contributed by atoms with van der Waals surface area (Å²) in [5.41, 5.74) is 10.4. The number of hydrogen-bond acceptors (Lipinski definition) is 2. The SMILES string of the molecule is NCC1(Cc2cncc(Br)c2)Cc2ccccc2C1. The molecule has 2 nitrogen and oxygen atoms in total. The van der Waals surface area contributed by atoms with E-state index in [4.69, 9.17) is 5.73 Å². The molecule has 1 aromatic heterocycles. The van der Waals surface area contributed by atoms with Crippen LogP contribution in [0.3, 0.4) is 0 Å². The number of nitrogens with zero attached hydrogens (tertiary/aromatic N) is 1. The molecule has 2 N–H and O–H groups in total. The minimum Gasteiger partial charge on any atom is -0.330 e. The fourth-order valence-electron chi connectivity index (χ4n) is 3.10. The molecule has 0 radical (unpaired) electrons. The largest absolute Gasteiger partial charge is 0.330 e. The molecule has 98 valence electrons. The lowest BCUT2D eigenvalue weighted by molar-refractivity contribution is 0.314. The second-order valence-electron chi connectivity index (χ2n) is 5.51. The summed E-state index contributed by atoms with van der Waals surface area (Å²) in [6.07, 6.45) is 6.91. The maximum Gasteiger partial charge on any atom is 0.0410 e. The van der Waals surface area contributed by atoms with Gasteiger partial charge in [0.2, 0.25) is 0 Å². The lowest BCUT2D eigenvalue weighted by atomic mass is 9.79. The summed E-state index contributed by atoms with van der Waals surface area (Å²) in [7, 11) is 0. The normalized spacial score (nSPS) is 16.3. The zero-order chi connectivity index (χ0) is 13.3. The van der Waals surface area contributed by atoms with Crippen molar-refractivity contribution in [1.29, 1.82) is 0 Å². The molecule has 0 atom stereocenters. The zero-order valence-electron chi connectivity index (χ0n) is 10.8. The van der Waals surface area contributed by atoms with Gasteiger partial charge in [-0.3, -0.25) is 4.98 Å². The van der Waals surface area contributed by atoms with Gasteiger partial charge in [-0.15, -0.1) is 0 Å². The fourth-order valence-corrected chi connectivity index (χ4v) is 3.51. The van der Waals surface area contributed by atoms with Crippen molar-refractivity contribution in [2.24, 2.45) is 11.1 Å². The number of nitrogens with two attached hydrogens (primary N) is 1. The van der Waals surface area contributed by atoms with E-state index in [1.165, 1.54) is 16.7 Å². The minimum atomic E-state index is 0.159. The third-order valence-electron chi connectivity index (χ3n) is 4.02. The van der Waals surface area contributed by atoms with Gasteiger partial charge in [-0.1, -0.05) is 24.3 Å². The Labute approximate surface area is 122 Å². The Bertz CT molecular complexity index is 570. The van der Waals surface area contributed by atoms with E-state index in [0.717, 1.165) is 23.7 Å². The molecular formula is C16H17BrN2. The van der Waals surface area contributed by atoms with Crippen molar-refractivity contribution in [3.63, 3.8) is 0 Å². The number of benzene rings is 1. The highest BCUT2D eigenvalue weighted by molar-refractivity contribution is 9.10. The molecule has 1 aromatic carbocycles. The predicted octanol–water partition coefficient (Wildman–Crippen LogP) is 3.13. The molecule has 0 fully saturated rings. The lowest BCUT2D eigenvalue weighted by Crippen LogP contribution is -2.33. The van der Waals surface area contributed by atoms with E-state index in [2.05, 4.69) is 51.2 Å². The van der Waals surface area contributed by atoms with Crippen LogP contribution in [0.25, 0.3) is 0 Å². The molecule has 0 bridgehead atoms. The molecule has 3 heteroatoms. The van der Waals surface area contributed by atoms with Crippen LogP contribution in [0.1, 0.15) is 16.7 Å². The lowest BCUT2D eigenvalue weighted by Gasteiger charge is -2.27. The maximum absolute atomic E-state index is 6.10. The molecule has 0 saturated heterocycles. The van der Waals surface area contributed by atoms with Gasteiger partial charge in [-0.2, -0.15) is 0 Å². The molecule has 0 spiro atoms. The Balaban J connectivity index is 1.87. The van der Waals surface area contributed by atoms with Crippen molar-refractivity contribution in [2.75, 3.05) is 6.54 Å². The standard InChI is InChI=1S/C16H17BrN2/c17-15-5-12(9-19-10-15)6-16(11-18)7-13-3-1-2-4-14(13)8-16/h1-5,9-10H,6-8,11,18H2. The fraction of sp³-hybridized carbons (Fsp3) is 0.312. The summed E-state index contributed by atoms with van der Waals surface area (Å²) in [6.45, 7) is 0.716. The molecule has 0 amide bonds. The van der Waals surface area contributed by atoms with Crippen molar-refractivity contribution in [1.82, 2.24) is 4.98 Å². The third kappa shape index (κ3) is 2.58. The number of aromatic nitrogens is 1. The number of fused-ring (bicyclic) bond motifs is 1. The molecule has 0 unspecified atom stereocenters. The summed E-state index contributed by atoms with van der Waals surface area (Å²) in [6, 6.07) is 10.8. The van der Waals surface area contributed by atoms with Crippen LogP contribution in [0.15, 0.2) is 47.2 Å². The number of rotatable bonds is 3. The summed E-state index contributed by atoms with van der Waals surface area (Å²) in [5.74, 6) is 0. The molecule has 19 heavy (non-hydrogen) atoms.